The van der Waals surface area contributed by atoms with Crippen LogP contribution in [0.1, 0.15) is 46.8 Å². The van der Waals surface area contributed by atoms with Crippen LogP contribution in [0, 0.1) is 12.7 Å². The number of aryl methyl sites for hydroxylation is 2. The minimum atomic E-state index is -0.597. The number of anilines is 1. The number of carbonyl (C=O) groups excluding carboxylic acids is 2. The molecule has 10 heteroatoms. The van der Waals surface area contributed by atoms with E-state index in [9.17, 15) is 9.59 Å². The molecule has 1 aliphatic rings. The highest BCUT2D eigenvalue weighted by Crippen LogP contribution is 2.44. The number of nitrogen functional groups attached to an aromatic ring is 1. The Bertz CT molecular complexity index is 1580. The van der Waals surface area contributed by atoms with Crippen molar-refractivity contribution in [1.82, 2.24) is 29.4 Å². The van der Waals surface area contributed by atoms with Gasteiger partial charge < -0.3 is 15.2 Å². The zero-order valence-electron chi connectivity index (χ0n) is 20.8. The second-order valence-electron chi connectivity index (χ2n) is 9.30. The third-order valence-corrected chi connectivity index (χ3v) is 6.96. The molecule has 2 atom stereocenters. The molecule has 1 fully saturated rings. The van der Waals surface area contributed by atoms with E-state index >= 15 is 4.39 Å². The van der Waals surface area contributed by atoms with Crippen LogP contribution in [0.2, 0.25) is 0 Å². The lowest BCUT2D eigenvalue weighted by Gasteiger charge is -2.19. The molecule has 37 heavy (non-hydrogen) atoms. The normalized spacial score (nSPS) is 17.4. The summed E-state index contributed by atoms with van der Waals surface area (Å²) >= 11 is 0. The Balaban J connectivity index is 1.65. The predicted molar refractivity (Wildman–Crippen MR) is 137 cm³/mol. The van der Waals surface area contributed by atoms with Gasteiger partial charge in [0.05, 0.1) is 5.39 Å². The van der Waals surface area contributed by atoms with Crippen LogP contribution in [0.5, 0.6) is 0 Å². The SMILES string of the molecule is C=CC(=O)N1CC(c2c(-c3ccc(C(=O)c4nccc(C)n4)cc3F)c3c(N)ncnc3n2C)C[C@@H]1C. The largest absolute Gasteiger partial charge is 0.383 e. The van der Waals surface area contributed by atoms with E-state index in [0.717, 1.165) is 5.69 Å². The van der Waals surface area contributed by atoms with Crippen molar-refractivity contribution in [3.8, 4) is 11.1 Å². The zero-order valence-corrected chi connectivity index (χ0v) is 20.8. The molecular formula is C27H26FN7O2. The fourth-order valence-corrected chi connectivity index (χ4v) is 5.24. The van der Waals surface area contributed by atoms with E-state index in [0.29, 0.717) is 35.3 Å². The molecule has 0 saturated carbocycles. The Morgan fingerprint density at radius 3 is 2.70 bits per heavy atom. The van der Waals surface area contributed by atoms with Gasteiger partial charge in [0.2, 0.25) is 17.5 Å². The molecule has 4 aromatic rings. The summed E-state index contributed by atoms with van der Waals surface area (Å²) < 4.78 is 17.7. The number of carbonyl (C=O) groups is 2. The van der Waals surface area contributed by atoms with Crippen molar-refractivity contribution in [3.63, 3.8) is 0 Å². The van der Waals surface area contributed by atoms with Gasteiger partial charge in [-0.25, -0.2) is 24.3 Å². The van der Waals surface area contributed by atoms with E-state index in [1.165, 1.54) is 24.7 Å². The van der Waals surface area contributed by atoms with E-state index in [2.05, 4.69) is 26.5 Å². The van der Waals surface area contributed by atoms with Crippen LogP contribution >= 0.6 is 0 Å². The zero-order chi connectivity index (χ0) is 26.4. The Morgan fingerprint density at radius 2 is 2.00 bits per heavy atom. The van der Waals surface area contributed by atoms with Crippen molar-refractivity contribution in [2.75, 3.05) is 12.3 Å². The average Bonchev–Trinajstić information content (AvgIpc) is 3.40. The molecule has 1 aromatic carbocycles. The first-order chi connectivity index (χ1) is 17.7. The summed E-state index contributed by atoms with van der Waals surface area (Å²) in [4.78, 5) is 43.9. The fraction of sp³-hybridized carbons (Fsp3) is 0.259. The van der Waals surface area contributed by atoms with Gasteiger partial charge in [0, 0.05) is 59.8 Å². The number of benzene rings is 1. The number of ketones is 1. The Kier molecular flexibility index (Phi) is 6.02. The molecule has 4 heterocycles. The molecule has 1 aliphatic heterocycles. The van der Waals surface area contributed by atoms with Crippen molar-refractivity contribution < 1.29 is 14.0 Å². The Morgan fingerprint density at radius 1 is 1.22 bits per heavy atom. The number of nitrogens with two attached hydrogens (primary N) is 1. The maximum atomic E-state index is 15.8. The van der Waals surface area contributed by atoms with E-state index < -0.39 is 11.6 Å². The van der Waals surface area contributed by atoms with Crippen molar-refractivity contribution in [1.29, 1.82) is 0 Å². The maximum absolute atomic E-state index is 15.8. The van der Waals surface area contributed by atoms with E-state index in [-0.39, 0.29) is 40.6 Å². The van der Waals surface area contributed by atoms with Gasteiger partial charge in [0.25, 0.3) is 0 Å². The van der Waals surface area contributed by atoms with Gasteiger partial charge in [-0.05, 0) is 38.5 Å². The molecule has 0 aliphatic carbocycles. The molecule has 0 spiro atoms. The maximum Gasteiger partial charge on any atom is 0.246 e. The van der Waals surface area contributed by atoms with Crippen LogP contribution < -0.4 is 5.73 Å². The van der Waals surface area contributed by atoms with E-state index in [4.69, 9.17) is 5.73 Å². The highest BCUT2D eigenvalue weighted by Gasteiger charge is 2.37. The summed E-state index contributed by atoms with van der Waals surface area (Å²) in [5.74, 6) is -1.10. The third-order valence-electron chi connectivity index (χ3n) is 6.96. The van der Waals surface area contributed by atoms with Crippen molar-refractivity contribution in [2.24, 2.45) is 7.05 Å². The first-order valence-corrected chi connectivity index (χ1v) is 11.9. The van der Waals surface area contributed by atoms with Gasteiger partial charge in [-0.15, -0.1) is 0 Å². The topological polar surface area (TPSA) is 120 Å². The molecule has 2 N–H and O–H groups in total. The molecule has 0 radical (unpaired) electrons. The summed E-state index contributed by atoms with van der Waals surface area (Å²) in [6.45, 7) is 7.79. The van der Waals surface area contributed by atoms with Gasteiger partial charge >= 0.3 is 0 Å². The summed E-state index contributed by atoms with van der Waals surface area (Å²) in [5, 5.41) is 0.529. The molecule has 1 unspecified atom stereocenters. The average molecular weight is 500 g/mol. The third kappa shape index (κ3) is 4.04. The Hall–Kier alpha value is -4.47. The van der Waals surface area contributed by atoms with Gasteiger partial charge in [-0.3, -0.25) is 9.59 Å². The number of aromatic nitrogens is 5. The van der Waals surface area contributed by atoms with Crippen LogP contribution in [0.25, 0.3) is 22.2 Å². The number of fused-ring (bicyclic) bond motifs is 1. The van der Waals surface area contributed by atoms with Crippen molar-refractivity contribution in [2.45, 2.75) is 32.2 Å². The van der Waals surface area contributed by atoms with E-state index in [1.54, 1.807) is 30.0 Å². The minimum absolute atomic E-state index is 0.00237. The van der Waals surface area contributed by atoms with E-state index in [1.807, 2.05) is 18.5 Å². The predicted octanol–water partition coefficient (Wildman–Crippen LogP) is 3.58. The number of halogens is 1. The molecular weight excluding hydrogens is 473 g/mol. The number of amides is 1. The summed E-state index contributed by atoms with van der Waals surface area (Å²) in [6.07, 6.45) is 4.84. The standard InChI is InChI=1S/C27H26FN7O2/c1-5-20(36)35-12-17(10-15(35)3)23-21(22-25(29)31-13-32-27(22)34(23)4)18-7-6-16(11-19(18)28)24(37)26-30-9-8-14(2)33-26/h5-9,11,13,15,17H,1,10,12H2,2-4H3,(H2,29,31,32)/t15-,17?/m0/s1. The van der Waals surface area contributed by atoms with Gasteiger partial charge in [-0.1, -0.05) is 18.7 Å². The molecule has 1 amide bonds. The second-order valence-corrected chi connectivity index (χ2v) is 9.30. The molecule has 1 saturated heterocycles. The number of hydrogen-bond donors (Lipinski definition) is 1. The first kappa shape index (κ1) is 24.2. The van der Waals surface area contributed by atoms with Crippen LogP contribution in [0.15, 0.2) is 49.4 Å². The van der Waals surface area contributed by atoms with Gasteiger partial charge in [-0.2, -0.15) is 0 Å². The number of nitrogens with zero attached hydrogens (tertiary/aromatic N) is 6. The van der Waals surface area contributed by atoms with Gasteiger partial charge in [0.1, 0.15) is 23.6 Å². The molecule has 3 aromatic heterocycles. The lowest BCUT2D eigenvalue weighted by molar-refractivity contribution is -0.126. The highest BCUT2D eigenvalue weighted by atomic mass is 19.1. The monoisotopic (exact) mass is 499 g/mol. The lowest BCUT2D eigenvalue weighted by atomic mass is 9.92. The second kappa shape index (κ2) is 9.20. The molecule has 9 nitrogen and oxygen atoms in total. The Labute approximate surface area is 212 Å². The van der Waals surface area contributed by atoms with Crippen LogP contribution in [0.4, 0.5) is 10.2 Å². The quantitative estimate of drug-likeness (QED) is 0.329. The summed E-state index contributed by atoms with van der Waals surface area (Å²) in [7, 11) is 1.85. The summed E-state index contributed by atoms with van der Waals surface area (Å²) in [5.41, 5.74) is 9.25. The molecule has 5 rings (SSSR count). The highest BCUT2D eigenvalue weighted by molar-refractivity contribution is 6.07. The van der Waals surface area contributed by atoms with Crippen LogP contribution in [-0.4, -0.2) is 53.7 Å². The minimum Gasteiger partial charge on any atom is -0.383 e. The molecule has 0 bridgehead atoms. The number of rotatable bonds is 5. The van der Waals surface area contributed by atoms with Crippen molar-refractivity contribution in [3.05, 3.63) is 78.0 Å². The smallest absolute Gasteiger partial charge is 0.246 e. The lowest BCUT2D eigenvalue weighted by Crippen LogP contribution is -2.32. The molecule has 188 valence electrons. The van der Waals surface area contributed by atoms with Crippen LogP contribution in [-0.2, 0) is 11.8 Å². The fourth-order valence-electron chi connectivity index (χ4n) is 5.24. The number of likely N-dealkylation sites (tertiary alicyclic amines) is 1. The summed E-state index contributed by atoms with van der Waals surface area (Å²) in [6, 6.07) is 5.97. The van der Waals surface area contributed by atoms with Crippen LogP contribution in [0.3, 0.4) is 0 Å². The number of hydrogen-bond acceptors (Lipinski definition) is 7. The van der Waals surface area contributed by atoms with Crippen molar-refractivity contribution >= 4 is 28.5 Å². The van der Waals surface area contributed by atoms with Gasteiger partial charge in [0.15, 0.2) is 0 Å². The first-order valence-electron chi connectivity index (χ1n) is 11.9.